The van der Waals surface area contributed by atoms with E-state index >= 15 is 0 Å². The fourth-order valence-corrected chi connectivity index (χ4v) is 3.30. The Balaban J connectivity index is 1.74. The molecule has 3 N–H and O–H groups in total. The molecule has 1 saturated heterocycles. The molecule has 0 bridgehead atoms. The summed E-state index contributed by atoms with van der Waals surface area (Å²) in [6, 6.07) is 12.2. The average molecular weight is 408 g/mol. The Hall–Kier alpha value is -3.68. The molecule has 2 atom stereocenters. The molecule has 1 fully saturated rings. The lowest BCUT2D eigenvalue weighted by molar-refractivity contribution is -0.136. The van der Waals surface area contributed by atoms with Crippen molar-refractivity contribution in [1.29, 1.82) is 0 Å². The van der Waals surface area contributed by atoms with Gasteiger partial charge in [-0.1, -0.05) is 29.8 Å². The molecule has 2 aromatic rings. The Kier molecular flexibility index (Phi) is 5.60. The molecule has 0 aliphatic carbocycles. The van der Waals surface area contributed by atoms with Gasteiger partial charge in [0.2, 0.25) is 11.8 Å². The maximum absolute atomic E-state index is 13.1. The quantitative estimate of drug-likeness (QED) is 0.661. The highest BCUT2D eigenvalue weighted by atomic mass is 16.2. The largest absolute Gasteiger partial charge is 0.326 e. The molecular weight excluding hydrogens is 384 g/mol. The van der Waals surface area contributed by atoms with E-state index in [2.05, 4.69) is 16.0 Å². The molecule has 1 heterocycles. The Labute approximate surface area is 174 Å². The highest BCUT2D eigenvalue weighted by Gasteiger charge is 2.51. The third-order valence-electron chi connectivity index (χ3n) is 5.09. The van der Waals surface area contributed by atoms with Crippen LogP contribution >= 0.6 is 0 Å². The van der Waals surface area contributed by atoms with Crippen molar-refractivity contribution in [3.05, 3.63) is 59.7 Å². The molecule has 0 spiro atoms. The van der Waals surface area contributed by atoms with E-state index in [-0.39, 0.29) is 5.91 Å². The molecule has 5 amide bonds. The van der Waals surface area contributed by atoms with Crippen molar-refractivity contribution >= 4 is 35.1 Å². The van der Waals surface area contributed by atoms with Gasteiger partial charge in [0.05, 0.1) is 0 Å². The lowest BCUT2D eigenvalue weighted by Gasteiger charge is -2.24. The molecule has 8 heteroatoms. The van der Waals surface area contributed by atoms with E-state index in [0.29, 0.717) is 16.9 Å². The number of rotatable bonds is 5. The van der Waals surface area contributed by atoms with Crippen LogP contribution in [0.5, 0.6) is 0 Å². The van der Waals surface area contributed by atoms with Crippen LogP contribution in [0.3, 0.4) is 0 Å². The Morgan fingerprint density at radius 3 is 2.03 bits per heavy atom. The number of imide groups is 1. The van der Waals surface area contributed by atoms with Crippen molar-refractivity contribution in [2.75, 3.05) is 10.6 Å². The standard InChI is InChI=1S/C22H24N4O4/c1-13-5-7-16(8-6-13)22(4)20(29)26(21(30)25-22)14(2)19(28)24-18-11-9-17(10-12-18)23-15(3)27/h5-12,14H,1-4H3,(H,23,27)(H,24,28)(H,25,30)/t14-,22-/m0/s1. The summed E-state index contributed by atoms with van der Waals surface area (Å²) in [5.74, 6) is -1.19. The topological polar surface area (TPSA) is 108 Å². The third-order valence-corrected chi connectivity index (χ3v) is 5.09. The van der Waals surface area contributed by atoms with Gasteiger partial charge >= 0.3 is 6.03 Å². The normalized spacial score (nSPS) is 19.3. The number of urea groups is 1. The second kappa shape index (κ2) is 7.98. The molecule has 1 aliphatic heterocycles. The van der Waals surface area contributed by atoms with Gasteiger partial charge in [0.1, 0.15) is 11.6 Å². The highest BCUT2D eigenvalue weighted by Crippen LogP contribution is 2.30. The van der Waals surface area contributed by atoms with E-state index in [0.717, 1.165) is 10.5 Å². The van der Waals surface area contributed by atoms with Crippen molar-refractivity contribution in [3.8, 4) is 0 Å². The van der Waals surface area contributed by atoms with Gasteiger partial charge in [-0.15, -0.1) is 0 Å². The van der Waals surface area contributed by atoms with Gasteiger partial charge in [0.25, 0.3) is 5.91 Å². The van der Waals surface area contributed by atoms with Crippen LogP contribution in [0.4, 0.5) is 16.2 Å². The first kappa shape index (κ1) is 21.0. The van der Waals surface area contributed by atoms with E-state index in [1.54, 1.807) is 43.3 Å². The van der Waals surface area contributed by atoms with Gasteiger partial charge < -0.3 is 16.0 Å². The molecule has 0 radical (unpaired) electrons. The van der Waals surface area contributed by atoms with Gasteiger partial charge in [-0.2, -0.15) is 0 Å². The fourth-order valence-electron chi connectivity index (χ4n) is 3.30. The van der Waals surface area contributed by atoms with Gasteiger partial charge in [0, 0.05) is 18.3 Å². The molecule has 30 heavy (non-hydrogen) atoms. The summed E-state index contributed by atoms with van der Waals surface area (Å²) in [5.41, 5.74) is 1.52. The van der Waals surface area contributed by atoms with Gasteiger partial charge in [0.15, 0.2) is 0 Å². The number of hydrogen-bond donors (Lipinski definition) is 3. The number of nitrogens with one attached hydrogen (secondary N) is 3. The van der Waals surface area contributed by atoms with Crippen LogP contribution in [0.2, 0.25) is 0 Å². The highest BCUT2D eigenvalue weighted by molar-refractivity contribution is 6.11. The number of aryl methyl sites for hydroxylation is 1. The van der Waals surface area contributed by atoms with Crippen molar-refractivity contribution in [2.45, 2.75) is 39.3 Å². The van der Waals surface area contributed by atoms with Gasteiger partial charge in [-0.25, -0.2) is 9.69 Å². The molecule has 0 unspecified atom stereocenters. The van der Waals surface area contributed by atoms with E-state index in [1.165, 1.54) is 13.8 Å². The number of anilines is 2. The minimum Gasteiger partial charge on any atom is -0.326 e. The number of hydrogen-bond acceptors (Lipinski definition) is 4. The summed E-state index contributed by atoms with van der Waals surface area (Å²) in [6.07, 6.45) is 0. The maximum atomic E-state index is 13.1. The van der Waals surface area contributed by atoms with Crippen molar-refractivity contribution in [3.63, 3.8) is 0 Å². The molecule has 8 nitrogen and oxygen atoms in total. The Morgan fingerprint density at radius 1 is 0.967 bits per heavy atom. The Bertz CT molecular complexity index is 1000. The molecule has 0 saturated carbocycles. The van der Waals surface area contributed by atoms with Crippen LogP contribution in [0, 0.1) is 6.92 Å². The lowest BCUT2D eigenvalue weighted by atomic mass is 9.91. The van der Waals surface area contributed by atoms with E-state index in [1.807, 2.05) is 19.1 Å². The number of carbonyl (C=O) groups excluding carboxylic acids is 4. The number of amides is 5. The van der Waals surface area contributed by atoms with Crippen LogP contribution in [-0.2, 0) is 19.9 Å². The first-order valence-corrected chi connectivity index (χ1v) is 9.53. The van der Waals surface area contributed by atoms with E-state index in [4.69, 9.17) is 0 Å². The second-order valence-corrected chi connectivity index (χ2v) is 7.52. The monoisotopic (exact) mass is 408 g/mol. The average Bonchev–Trinajstić information content (AvgIpc) is 2.92. The first-order chi connectivity index (χ1) is 14.1. The van der Waals surface area contributed by atoms with Crippen LogP contribution in [0.15, 0.2) is 48.5 Å². The van der Waals surface area contributed by atoms with E-state index in [9.17, 15) is 19.2 Å². The molecule has 3 rings (SSSR count). The summed E-state index contributed by atoms with van der Waals surface area (Å²) < 4.78 is 0. The Morgan fingerprint density at radius 2 is 1.50 bits per heavy atom. The molecule has 2 aromatic carbocycles. The zero-order chi connectivity index (χ0) is 22.1. The van der Waals surface area contributed by atoms with Gasteiger partial charge in [-0.05, 0) is 50.6 Å². The van der Waals surface area contributed by atoms with E-state index < -0.39 is 29.4 Å². The van der Waals surface area contributed by atoms with Crippen LogP contribution in [-0.4, -0.2) is 34.7 Å². The minimum absolute atomic E-state index is 0.199. The van der Waals surface area contributed by atoms with Crippen molar-refractivity contribution in [2.24, 2.45) is 0 Å². The van der Waals surface area contributed by atoms with Gasteiger partial charge in [-0.3, -0.25) is 14.4 Å². The fraction of sp³-hybridized carbons (Fsp3) is 0.273. The zero-order valence-electron chi connectivity index (χ0n) is 17.3. The number of nitrogens with zero attached hydrogens (tertiary/aromatic N) is 1. The SMILES string of the molecule is CC(=O)Nc1ccc(NC(=O)[C@H](C)N2C(=O)N[C@@](C)(c3ccc(C)cc3)C2=O)cc1. The third kappa shape index (κ3) is 4.03. The molecular formula is C22H24N4O4. The molecule has 1 aliphatic rings. The summed E-state index contributed by atoms with van der Waals surface area (Å²) in [6.45, 7) is 6.46. The summed E-state index contributed by atoms with van der Waals surface area (Å²) >= 11 is 0. The van der Waals surface area contributed by atoms with Crippen molar-refractivity contribution < 1.29 is 19.2 Å². The zero-order valence-corrected chi connectivity index (χ0v) is 17.3. The number of carbonyl (C=O) groups is 4. The van der Waals surface area contributed by atoms with Crippen molar-refractivity contribution in [1.82, 2.24) is 10.2 Å². The maximum Gasteiger partial charge on any atom is 0.326 e. The minimum atomic E-state index is -1.24. The molecule has 156 valence electrons. The smallest absolute Gasteiger partial charge is 0.326 e. The summed E-state index contributed by atoms with van der Waals surface area (Å²) in [5, 5.41) is 8.03. The summed E-state index contributed by atoms with van der Waals surface area (Å²) in [4.78, 5) is 50.4. The predicted octanol–water partition coefficient (Wildman–Crippen LogP) is 2.75. The predicted molar refractivity (Wildman–Crippen MR) is 113 cm³/mol. The van der Waals surface area contributed by atoms with Crippen LogP contribution in [0.1, 0.15) is 31.9 Å². The lowest BCUT2D eigenvalue weighted by Crippen LogP contribution is -2.47. The second-order valence-electron chi connectivity index (χ2n) is 7.52. The van der Waals surface area contributed by atoms with Crippen LogP contribution in [0.25, 0.3) is 0 Å². The number of benzene rings is 2. The summed E-state index contributed by atoms with van der Waals surface area (Å²) in [7, 11) is 0. The molecule has 0 aromatic heterocycles. The first-order valence-electron chi connectivity index (χ1n) is 9.53. The van der Waals surface area contributed by atoms with Crippen LogP contribution < -0.4 is 16.0 Å².